The SMILES string of the molecule is COc1cc(-n2cnc3cc(-c4ccc(Cl)cc4)sc3c2=O)ccc1OCCN1CCC(F)(F)C1. The van der Waals surface area contributed by atoms with Crippen molar-refractivity contribution in [1.82, 2.24) is 14.5 Å². The second kappa shape index (κ2) is 9.56. The van der Waals surface area contributed by atoms with Gasteiger partial charge in [0.15, 0.2) is 11.5 Å². The van der Waals surface area contributed by atoms with E-state index in [0.717, 1.165) is 10.4 Å². The first kappa shape index (κ1) is 23.7. The summed E-state index contributed by atoms with van der Waals surface area (Å²) < 4.78 is 40.0. The summed E-state index contributed by atoms with van der Waals surface area (Å²) in [6.07, 6.45) is 1.37. The van der Waals surface area contributed by atoms with Crippen LogP contribution in [0.3, 0.4) is 0 Å². The molecule has 1 aliphatic heterocycles. The Kier molecular flexibility index (Phi) is 6.48. The van der Waals surface area contributed by atoms with Crippen LogP contribution in [0.2, 0.25) is 5.02 Å². The fraction of sp³-hybridized carbons (Fsp3) is 0.280. The summed E-state index contributed by atoms with van der Waals surface area (Å²) in [4.78, 5) is 20.3. The summed E-state index contributed by atoms with van der Waals surface area (Å²) >= 11 is 7.36. The van der Waals surface area contributed by atoms with E-state index in [2.05, 4.69) is 4.98 Å². The molecule has 0 amide bonds. The van der Waals surface area contributed by atoms with Crippen LogP contribution in [-0.4, -0.2) is 53.7 Å². The smallest absolute Gasteiger partial charge is 0.275 e. The van der Waals surface area contributed by atoms with Crippen LogP contribution < -0.4 is 15.0 Å². The highest BCUT2D eigenvalue weighted by molar-refractivity contribution is 7.22. The number of aromatic nitrogens is 2. The average Bonchev–Trinajstić information content (AvgIpc) is 3.43. The first-order chi connectivity index (χ1) is 16.8. The maximum Gasteiger partial charge on any atom is 0.275 e. The third-order valence-electron chi connectivity index (χ3n) is 5.91. The maximum absolute atomic E-state index is 13.4. The Morgan fingerprint density at radius 3 is 2.66 bits per heavy atom. The van der Waals surface area contributed by atoms with Gasteiger partial charge in [-0.2, -0.15) is 0 Å². The van der Waals surface area contributed by atoms with Crippen LogP contribution in [0.15, 0.2) is 59.7 Å². The minimum Gasteiger partial charge on any atom is -0.493 e. The number of nitrogens with zero attached hydrogens (tertiary/aromatic N) is 3. The Labute approximate surface area is 209 Å². The Hall–Kier alpha value is -3.01. The number of alkyl halides is 2. The second-order valence-corrected chi connectivity index (χ2v) is 9.81. The summed E-state index contributed by atoms with van der Waals surface area (Å²) in [7, 11) is 1.51. The lowest BCUT2D eigenvalue weighted by Crippen LogP contribution is -2.29. The van der Waals surface area contributed by atoms with Gasteiger partial charge in [0, 0.05) is 35.5 Å². The normalized spacial score (nSPS) is 15.5. The van der Waals surface area contributed by atoms with E-state index in [0.29, 0.717) is 45.5 Å². The number of methoxy groups -OCH3 is 1. The molecule has 1 aliphatic rings. The second-order valence-electron chi connectivity index (χ2n) is 8.32. The molecule has 0 saturated carbocycles. The molecule has 0 unspecified atom stereocenters. The zero-order valence-corrected chi connectivity index (χ0v) is 20.4. The number of rotatable bonds is 7. The molecule has 0 spiro atoms. The molecule has 1 fully saturated rings. The monoisotopic (exact) mass is 517 g/mol. The van der Waals surface area contributed by atoms with Gasteiger partial charge in [0.05, 0.1) is 24.9 Å². The molecule has 4 aromatic rings. The van der Waals surface area contributed by atoms with Crippen molar-refractivity contribution < 1.29 is 18.3 Å². The molecule has 3 heterocycles. The van der Waals surface area contributed by atoms with Gasteiger partial charge in [-0.15, -0.1) is 11.3 Å². The number of thiophene rings is 1. The summed E-state index contributed by atoms with van der Waals surface area (Å²) in [6.45, 7) is 0.761. The van der Waals surface area contributed by atoms with Gasteiger partial charge in [0.25, 0.3) is 11.5 Å². The lowest BCUT2D eigenvalue weighted by molar-refractivity contribution is 0.0112. The summed E-state index contributed by atoms with van der Waals surface area (Å²) in [5, 5.41) is 0.648. The van der Waals surface area contributed by atoms with Crippen molar-refractivity contribution in [2.75, 3.05) is 33.4 Å². The molecule has 0 N–H and O–H groups in total. The number of ether oxygens (including phenoxy) is 2. The minimum absolute atomic E-state index is 0.121. The standard InChI is InChI=1S/C25H22ClF2N3O3S/c1-33-21-12-18(6-7-20(21)34-11-10-30-9-8-25(27,28)14-30)31-15-29-19-13-22(35-23(19)24(31)32)16-2-4-17(26)5-3-16/h2-7,12-13,15H,8-11,14H2,1H3. The Balaban J connectivity index is 1.36. The predicted octanol–water partition coefficient (Wildman–Crippen LogP) is 5.50. The number of hydrogen-bond donors (Lipinski definition) is 0. The highest BCUT2D eigenvalue weighted by Gasteiger charge is 2.37. The van der Waals surface area contributed by atoms with Gasteiger partial charge in [-0.1, -0.05) is 23.7 Å². The lowest BCUT2D eigenvalue weighted by atomic mass is 10.2. The molecule has 0 aliphatic carbocycles. The van der Waals surface area contributed by atoms with E-state index in [1.54, 1.807) is 23.1 Å². The van der Waals surface area contributed by atoms with Crippen LogP contribution in [-0.2, 0) is 0 Å². The van der Waals surface area contributed by atoms with Crippen molar-refractivity contribution >= 4 is 33.2 Å². The van der Waals surface area contributed by atoms with Crippen LogP contribution >= 0.6 is 22.9 Å². The van der Waals surface area contributed by atoms with Crippen LogP contribution in [0.25, 0.3) is 26.3 Å². The fourth-order valence-electron chi connectivity index (χ4n) is 4.06. The van der Waals surface area contributed by atoms with E-state index in [1.807, 2.05) is 30.3 Å². The Bertz CT molecular complexity index is 1420. The summed E-state index contributed by atoms with van der Waals surface area (Å²) in [5.41, 5.74) is 1.98. The third kappa shape index (κ3) is 5.03. The van der Waals surface area contributed by atoms with E-state index in [-0.39, 0.29) is 25.1 Å². The van der Waals surface area contributed by atoms with Gasteiger partial charge in [-0.25, -0.2) is 13.8 Å². The minimum atomic E-state index is -2.63. The number of benzene rings is 2. The fourth-order valence-corrected chi connectivity index (χ4v) is 5.23. The van der Waals surface area contributed by atoms with Crippen LogP contribution in [0.4, 0.5) is 8.78 Å². The number of likely N-dealkylation sites (tertiary alicyclic amines) is 1. The molecular weight excluding hydrogens is 496 g/mol. The molecule has 0 bridgehead atoms. The van der Waals surface area contributed by atoms with Crippen molar-refractivity contribution in [1.29, 1.82) is 0 Å². The molecule has 6 nitrogen and oxygen atoms in total. The number of fused-ring (bicyclic) bond motifs is 1. The average molecular weight is 518 g/mol. The van der Waals surface area contributed by atoms with Crippen LogP contribution in [0.1, 0.15) is 6.42 Å². The zero-order valence-electron chi connectivity index (χ0n) is 18.8. The van der Waals surface area contributed by atoms with Gasteiger partial charge < -0.3 is 9.47 Å². The van der Waals surface area contributed by atoms with Gasteiger partial charge >= 0.3 is 0 Å². The van der Waals surface area contributed by atoms with E-state index in [1.165, 1.54) is 29.3 Å². The molecule has 5 rings (SSSR count). The van der Waals surface area contributed by atoms with E-state index < -0.39 is 5.92 Å². The summed E-state index contributed by atoms with van der Waals surface area (Å²) in [5.74, 6) is -1.71. The Morgan fingerprint density at radius 1 is 1.14 bits per heavy atom. The zero-order chi connectivity index (χ0) is 24.6. The first-order valence-electron chi connectivity index (χ1n) is 11.0. The number of halogens is 3. The van der Waals surface area contributed by atoms with E-state index in [9.17, 15) is 13.6 Å². The molecular formula is C25H22ClF2N3O3S. The largest absolute Gasteiger partial charge is 0.493 e. The number of hydrogen-bond acceptors (Lipinski definition) is 6. The topological polar surface area (TPSA) is 56.6 Å². The van der Waals surface area contributed by atoms with Crippen molar-refractivity contribution in [3.8, 4) is 27.6 Å². The van der Waals surface area contributed by atoms with Crippen molar-refractivity contribution in [2.24, 2.45) is 0 Å². The molecule has 35 heavy (non-hydrogen) atoms. The molecule has 182 valence electrons. The molecule has 0 atom stereocenters. The molecule has 10 heteroatoms. The first-order valence-corrected chi connectivity index (χ1v) is 12.2. The predicted molar refractivity (Wildman–Crippen MR) is 134 cm³/mol. The summed E-state index contributed by atoms with van der Waals surface area (Å²) in [6, 6.07) is 14.5. The van der Waals surface area contributed by atoms with Crippen molar-refractivity contribution in [3.05, 3.63) is 70.2 Å². The maximum atomic E-state index is 13.4. The van der Waals surface area contributed by atoms with Crippen molar-refractivity contribution in [3.63, 3.8) is 0 Å². The van der Waals surface area contributed by atoms with E-state index in [4.69, 9.17) is 21.1 Å². The van der Waals surface area contributed by atoms with Gasteiger partial charge in [-0.3, -0.25) is 14.3 Å². The Morgan fingerprint density at radius 2 is 1.94 bits per heavy atom. The third-order valence-corrected chi connectivity index (χ3v) is 7.32. The molecule has 1 saturated heterocycles. The van der Waals surface area contributed by atoms with Gasteiger partial charge in [-0.05, 0) is 35.9 Å². The molecule has 2 aromatic heterocycles. The van der Waals surface area contributed by atoms with Crippen molar-refractivity contribution in [2.45, 2.75) is 12.3 Å². The highest BCUT2D eigenvalue weighted by Crippen LogP contribution is 2.33. The van der Waals surface area contributed by atoms with E-state index >= 15 is 0 Å². The molecule has 2 aromatic carbocycles. The lowest BCUT2D eigenvalue weighted by Gasteiger charge is -2.17. The molecule has 0 radical (unpaired) electrons. The van der Waals surface area contributed by atoms with Gasteiger partial charge in [0.2, 0.25) is 0 Å². The van der Waals surface area contributed by atoms with Crippen LogP contribution in [0.5, 0.6) is 11.5 Å². The van der Waals surface area contributed by atoms with Crippen LogP contribution in [0, 0.1) is 0 Å². The highest BCUT2D eigenvalue weighted by atomic mass is 35.5. The van der Waals surface area contributed by atoms with Gasteiger partial charge in [0.1, 0.15) is 17.6 Å². The quantitative estimate of drug-likeness (QED) is 0.324.